The highest BCUT2D eigenvalue weighted by Crippen LogP contribution is 2.47. The van der Waals surface area contributed by atoms with E-state index in [0.717, 1.165) is 44.1 Å². The van der Waals surface area contributed by atoms with E-state index < -0.39 is 0 Å². The predicted molar refractivity (Wildman–Crippen MR) is 283 cm³/mol. The first-order valence-corrected chi connectivity index (χ1v) is 23.1. The largest absolute Gasteiger partial charge is 0.308 e. The van der Waals surface area contributed by atoms with E-state index in [0.29, 0.717) is 95.2 Å². The molecule has 0 N–H and O–H groups in total. The number of aromatic nitrogens is 3. The van der Waals surface area contributed by atoms with Crippen molar-refractivity contribution >= 4 is 21.8 Å². The van der Waals surface area contributed by atoms with Crippen LogP contribution in [-0.2, 0) is 0 Å². The van der Waals surface area contributed by atoms with E-state index >= 15 is 0 Å². The van der Waals surface area contributed by atoms with Crippen LogP contribution in [0, 0.1) is 68.0 Å². The standard InChI is InChI=1S/C64H33N9/c65-34-40-19-23-51(49(27-40)38-69)44-21-25-61-55(29-44)56-30-45(52-24-20-41(35-66)28-50(52)39-70)22-26-62(56)73(61)63-57(53-17-9-7-15-46(53)36-67)31-48(32-58(63)54-18-10-8-16-47(54)37-68)60-33-59(42-11-3-1-4-12-42)71-64(72-60)43-13-5-2-6-14-43/h1-33H. The number of hydrogen-bond donors (Lipinski definition) is 0. The molecule has 73 heavy (non-hydrogen) atoms. The second-order valence-electron chi connectivity index (χ2n) is 17.2. The fourth-order valence-electron chi connectivity index (χ4n) is 9.65. The smallest absolute Gasteiger partial charge is 0.160 e. The number of hydrogen-bond acceptors (Lipinski definition) is 8. The van der Waals surface area contributed by atoms with Crippen molar-refractivity contribution in [1.29, 1.82) is 31.6 Å². The van der Waals surface area contributed by atoms with Crippen LogP contribution < -0.4 is 0 Å². The zero-order chi connectivity index (χ0) is 50.0. The average Bonchev–Trinajstić information content (AvgIpc) is 3.79. The van der Waals surface area contributed by atoms with Gasteiger partial charge in [0.05, 0.1) is 97.9 Å². The van der Waals surface area contributed by atoms with Crippen molar-refractivity contribution in [3.8, 4) is 121 Å². The third-order valence-electron chi connectivity index (χ3n) is 13.1. The third kappa shape index (κ3) is 7.93. The molecule has 0 radical (unpaired) electrons. The van der Waals surface area contributed by atoms with Gasteiger partial charge >= 0.3 is 0 Å². The molecule has 0 amide bonds. The summed E-state index contributed by atoms with van der Waals surface area (Å²) in [6.07, 6.45) is 0. The second kappa shape index (κ2) is 18.7. The lowest BCUT2D eigenvalue weighted by Crippen LogP contribution is -2.04. The van der Waals surface area contributed by atoms with Crippen LogP contribution in [0.3, 0.4) is 0 Å². The van der Waals surface area contributed by atoms with E-state index in [-0.39, 0.29) is 0 Å². The fraction of sp³-hybridized carbons (Fsp3) is 0. The van der Waals surface area contributed by atoms with E-state index in [1.807, 2.05) is 140 Å². The Balaban J connectivity index is 1.29. The van der Waals surface area contributed by atoms with Crippen LogP contribution >= 0.6 is 0 Å². The Bertz CT molecular complexity index is 4070. The lowest BCUT2D eigenvalue weighted by molar-refractivity contribution is 1.17. The first-order valence-electron chi connectivity index (χ1n) is 23.1. The van der Waals surface area contributed by atoms with Gasteiger partial charge in [-0.3, -0.25) is 0 Å². The van der Waals surface area contributed by atoms with E-state index in [9.17, 15) is 31.6 Å². The highest BCUT2D eigenvalue weighted by Gasteiger charge is 2.26. The van der Waals surface area contributed by atoms with Crippen molar-refractivity contribution in [2.45, 2.75) is 0 Å². The maximum absolute atomic E-state index is 10.9. The highest BCUT2D eigenvalue weighted by molar-refractivity contribution is 6.13. The molecule has 2 aromatic heterocycles. The Kier molecular flexibility index (Phi) is 11.4. The van der Waals surface area contributed by atoms with Gasteiger partial charge in [-0.1, -0.05) is 121 Å². The number of rotatable bonds is 8. The summed E-state index contributed by atoms with van der Waals surface area (Å²) in [7, 11) is 0. The van der Waals surface area contributed by atoms with E-state index in [1.165, 1.54) is 0 Å². The van der Waals surface area contributed by atoms with Crippen molar-refractivity contribution < 1.29 is 0 Å². The molecule has 9 nitrogen and oxygen atoms in total. The third-order valence-corrected chi connectivity index (χ3v) is 13.1. The Hall–Kier alpha value is -11.2. The summed E-state index contributed by atoms with van der Waals surface area (Å²) in [6, 6.07) is 76.6. The van der Waals surface area contributed by atoms with E-state index in [1.54, 1.807) is 48.5 Å². The molecule has 9 heteroatoms. The second-order valence-corrected chi connectivity index (χ2v) is 17.2. The maximum atomic E-state index is 10.9. The lowest BCUT2D eigenvalue weighted by atomic mass is 9.88. The van der Waals surface area contributed by atoms with E-state index in [2.05, 4.69) is 53.1 Å². The fourth-order valence-corrected chi connectivity index (χ4v) is 9.65. The number of nitriles is 6. The van der Waals surface area contributed by atoms with Crippen LogP contribution in [0.15, 0.2) is 200 Å². The van der Waals surface area contributed by atoms with Crippen molar-refractivity contribution in [3.05, 3.63) is 234 Å². The molecule has 0 saturated heterocycles. The van der Waals surface area contributed by atoms with Crippen molar-refractivity contribution in [2.75, 3.05) is 0 Å². The molecule has 11 rings (SSSR count). The topological polar surface area (TPSA) is 173 Å². The minimum atomic E-state index is 0.344. The molecule has 0 aliphatic carbocycles. The molecule has 9 aromatic carbocycles. The molecule has 2 heterocycles. The van der Waals surface area contributed by atoms with Gasteiger partial charge in [0.15, 0.2) is 5.82 Å². The van der Waals surface area contributed by atoms with E-state index in [4.69, 9.17) is 9.97 Å². The quantitative estimate of drug-likeness (QED) is 0.145. The van der Waals surface area contributed by atoms with Crippen molar-refractivity contribution in [2.24, 2.45) is 0 Å². The summed E-state index contributed by atoms with van der Waals surface area (Å²) in [6.45, 7) is 0. The minimum Gasteiger partial charge on any atom is -0.308 e. The van der Waals surface area contributed by atoms with Crippen LogP contribution in [0.25, 0.3) is 106 Å². The van der Waals surface area contributed by atoms with Gasteiger partial charge in [-0.2, -0.15) is 31.6 Å². The molecular weight excluding hydrogens is 895 g/mol. The molecule has 0 saturated carbocycles. The first kappa shape index (κ1) is 44.3. The van der Waals surface area contributed by atoms with Crippen molar-refractivity contribution in [3.63, 3.8) is 0 Å². The van der Waals surface area contributed by atoms with Crippen LogP contribution in [0.4, 0.5) is 0 Å². The lowest BCUT2D eigenvalue weighted by Gasteiger charge is -2.22. The maximum Gasteiger partial charge on any atom is 0.160 e. The summed E-state index contributed by atoms with van der Waals surface area (Å²) in [4.78, 5) is 10.3. The molecule has 0 unspecified atom stereocenters. The summed E-state index contributed by atoms with van der Waals surface area (Å²) in [5.74, 6) is 0.525. The van der Waals surface area contributed by atoms with Crippen molar-refractivity contribution in [1.82, 2.24) is 14.5 Å². The molecule has 0 aliphatic heterocycles. The molecule has 0 fully saturated rings. The van der Waals surface area contributed by atoms with Gasteiger partial charge in [0, 0.05) is 49.7 Å². The molecule has 11 aromatic rings. The minimum absolute atomic E-state index is 0.344. The Morgan fingerprint density at radius 2 is 0.740 bits per heavy atom. The van der Waals surface area contributed by atoms with Gasteiger partial charge in [-0.25, -0.2) is 9.97 Å². The molecule has 0 atom stereocenters. The van der Waals surface area contributed by atoms with Gasteiger partial charge in [-0.15, -0.1) is 0 Å². The summed E-state index contributed by atoms with van der Waals surface area (Å²) in [5, 5.41) is 63.4. The molecule has 334 valence electrons. The van der Waals surface area contributed by atoms with Gasteiger partial charge < -0.3 is 4.57 Å². The SMILES string of the molecule is N#Cc1ccc(-c2ccc3c(c2)c2cc(-c4ccc(C#N)cc4C#N)ccc2n3-c2c(-c3ccccc3C#N)cc(-c3cc(-c4ccccc4)nc(-c4ccccc4)n3)cc2-c2ccccc2C#N)c(C#N)c1. The zero-order valence-electron chi connectivity index (χ0n) is 38.6. The van der Waals surface area contributed by atoms with Gasteiger partial charge in [-0.05, 0) is 101 Å². The summed E-state index contributed by atoms with van der Waals surface area (Å²) < 4.78 is 2.16. The monoisotopic (exact) mass is 927 g/mol. The van der Waals surface area contributed by atoms with Gasteiger partial charge in [0.25, 0.3) is 0 Å². The van der Waals surface area contributed by atoms with Crippen LogP contribution in [-0.4, -0.2) is 14.5 Å². The molecule has 0 aliphatic rings. The number of fused-ring (bicyclic) bond motifs is 3. The zero-order valence-corrected chi connectivity index (χ0v) is 38.6. The van der Waals surface area contributed by atoms with Crippen LogP contribution in [0.1, 0.15) is 33.4 Å². The summed E-state index contributed by atoms with van der Waals surface area (Å²) >= 11 is 0. The molecule has 0 bridgehead atoms. The first-order chi connectivity index (χ1) is 35.9. The number of nitrogens with zero attached hydrogens (tertiary/aromatic N) is 9. The Morgan fingerprint density at radius 3 is 1.21 bits per heavy atom. The van der Waals surface area contributed by atoms with Crippen LogP contribution in [0.2, 0.25) is 0 Å². The predicted octanol–water partition coefficient (Wildman–Crippen LogP) is 14.5. The van der Waals surface area contributed by atoms with Gasteiger partial charge in [0.1, 0.15) is 0 Å². The summed E-state index contributed by atoms with van der Waals surface area (Å²) in [5.41, 5.74) is 13.7. The van der Waals surface area contributed by atoms with Crippen LogP contribution in [0.5, 0.6) is 0 Å². The highest BCUT2D eigenvalue weighted by atomic mass is 15.0. The Labute approximate surface area is 420 Å². The molecular formula is C64H33N9. The average molecular weight is 928 g/mol. The Morgan fingerprint density at radius 1 is 0.301 bits per heavy atom. The number of benzene rings is 9. The van der Waals surface area contributed by atoms with Gasteiger partial charge in [0.2, 0.25) is 0 Å². The molecule has 0 spiro atoms. The normalized spacial score (nSPS) is 10.7.